The summed E-state index contributed by atoms with van der Waals surface area (Å²) in [6, 6.07) is 11.8. The topological polar surface area (TPSA) is 26.0 Å². The molecule has 0 saturated heterocycles. The summed E-state index contributed by atoms with van der Waals surface area (Å²) in [5, 5.41) is 0. The SMILES string of the molecule is C=C(/C=C\C(=C)C(C)(C)C)c1ccc(/C(C)=C/CC(C)(C)c2ccc(/C(C)=C/C=C(\C)C(C)(C)C)c(C)c2N)cc1C(CC)(CCCCCC)CCCCCC. The Morgan fingerprint density at radius 3 is 1.75 bits per heavy atom. The van der Waals surface area contributed by atoms with E-state index in [1.165, 1.54) is 114 Å². The second-order valence-electron chi connectivity index (χ2n) is 19.8. The van der Waals surface area contributed by atoms with Crippen LogP contribution in [-0.2, 0) is 10.8 Å². The second-order valence-corrected chi connectivity index (χ2v) is 19.8. The highest BCUT2D eigenvalue weighted by molar-refractivity contribution is 5.78. The van der Waals surface area contributed by atoms with Crippen LogP contribution >= 0.6 is 0 Å². The molecule has 0 heterocycles. The first-order valence-corrected chi connectivity index (χ1v) is 22.2. The van der Waals surface area contributed by atoms with Crippen molar-refractivity contribution < 1.29 is 0 Å². The van der Waals surface area contributed by atoms with Crippen LogP contribution in [0, 0.1) is 17.8 Å². The quantitative estimate of drug-likeness (QED) is 0.0765. The van der Waals surface area contributed by atoms with Gasteiger partial charge in [0.25, 0.3) is 0 Å². The largest absolute Gasteiger partial charge is 0.398 e. The van der Waals surface area contributed by atoms with Gasteiger partial charge in [-0.15, -0.1) is 0 Å². The lowest BCUT2D eigenvalue weighted by atomic mass is 9.68. The minimum Gasteiger partial charge on any atom is -0.398 e. The van der Waals surface area contributed by atoms with E-state index in [1.54, 1.807) is 0 Å². The van der Waals surface area contributed by atoms with Crippen molar-refractivity contribution in [2.75, 3.05) is 5.73 Å². The smallest absolute Gasteiger partial charge is 0.0388 e. The number of nitrogen functional groups attached to an aromatic ring is 1. The standard InChI is InChI=1S/C55H85N/c1-18-21-23-25-36-55(20-3,37-26-24-22-19-2)50-39-46(31-32-48(50)42(6)28-30-44(8)53(13,14)15)40(4)35-38-54(16,17)49-34-33-47(45(9)51(49)56)41(5)27-29-43(7)52(10,11)12/h27-35,39H,6,8,18-26,36-38,56H2,1-5,7,9-17H3/b30-28-,40-35+,41-27+,43-29+. The first kappa shape index (κ1) is 48.8. The van der Waals surface area contributed by atoms with Crippen LogP contribution in [-0.4, -0.2) is 0 Å². The fourth-order valence-electron chi connectivity index (χ4n) is 7.74. The fraction of sp³-hybridized carbons (Fsp3) is 0.564. The maximum Gasteiger partial charge on any atom is 0.0388 e. The third-order valence-corrected chi connectivity index (χ3v) is 12.9. The summed E-state index contributed by atoms with van der Waals surface area (Å²) in [4.78, 5) is 0. The zero-order chi connectivity index (χ0) is 42.5. The summed E-state index contributed by atoms with van der Waals surface area (Å²) in [5.74, 6) is 0. The Bertz CT molecular complexity index is 1720. The van der Waals surface area contributed by atoms with E-state index in [0.717, 1.165) is 29.7 Å². The summed E-state index contributed by atoms with van der Waals surface area (Å²) in [6.07, 6.45) is 26.1. The van der Waals surface area contributed by atoms with Gasteiger partial charge in [-0.3, -0.25) is 0 Å². The van der Waals surface area contributed by atoms with E-state index in [4.69, 9.17) is 5.73 Å². The normalized spacial score (nSPS) is 13.9. The lowest BCUT2D eigenvalue weighted by molar-refractivity contribution is 0.322. The third-order valence-electron chi connectivity index (χ3n) is 12.9. The second kappa shape index (κ2) is 21.4. The maximum atomic E-state index is 6.98. The number of allylic oxidation sites excluding steroid dienone is 10. The number of hydrogen-bond acceptors (Lipinski definition) is 1. The highest BCUT2D eigenvalue weighted by Crippen LogP contribution is 2.44. The van der Waals surface area contributed by atoms with Gasteiger partial charge in [-0.25, -0.2) is 0 Å². The van der Waals surface area contributed by atoms with Crippen LogP contribution < -0.4 is 5.73 Å². The van der Waals surface area contributed by atoms with Crippen LogP contribution in [0.4, 0.5) is 5.69 Å². The Hall–Kier alpha value is -3.32. The molecule has 2 aromatic rings. The van der Waals surface area contributed by atoms with Crippen molar-refractivity contribution in [3.05, 3.63) is 118 Å². The molecule has 0 radical (unpaired) electrons. The molecule has 2 N–H and O–H groups in total. The van der Waals surface area contributed by atoms with Gasteiger partial charge in [0.2, 0.25) is 0 Å². The van der Waals surface area contributed by atoms with Gasteiger partial charge in [0.1, 0.15) is 0 Å². The molecular weight excluding hydrogens is 675 g/mol. The van der Waals surface area contributed by atoms with E-state index >= 15 is 0 Å². The molecule has 0 fully saturated rings. The van der Waals surface area contributed by atoms with Gasteiger partial charge < -0.3 is 5.73 Å². The third kappa shape index (κ3) is 13.7. The minimum absolute atomic E-state index is 0.0228. The van der Waals surface area contributed by atoms with Crippen LogP contribution in [0.15, 0.2) is 85.0 Å². The van der Waals surface area contributed by atoms with Gasteiger partial charge in [-0.2, -0.15) is 0 Å². The lowest BCUT2D eigenvalue weighted by Gasteiger charge is -2.37. The maximum absolute atomic E-state index is 6.98. The molecule has 310 valence electrons. The van der Waals surface area contributed by atoms with Crippen molar-refractivity contribution in [1.29, 1.82) is 0 Å². The minimum atomic E-state index is -0.127. The first-order chi connectivity index (χ1) is 26.1. The van der Waals surface area contributed by atoms with Crippen molar-refractivity contribution in [3.8, 4) is 0 Å². The lowest BCUT2D eigenvalue weighted by Crippen LogP contribution is -2.27. The van der Waals surface area contributed by atoms with Gasteiger partial charge in [0.05, 0.1) is 0 Å². The zero-order valence-corrected chi connectivity index (χ0v) is 39.3. The molecule has 0 bridgehead atoms. The molecule has 1 nitrogen and oxygen atoms in total. The van der Waals surface area contributed by atoms with Crippen molar-refractivity contribution in [2.45, 2.75) is 192 Å². The highest BCUT2D eigenvalue weighted by Gasteiger charge is 2.32. The van der Waals surface area contributed by atoms with Gasteiger partial charge in [-0.1, -0.05) is 207 Å². The molecule has 0 unspecified atom stereocenters. The van der Waals surface area contributed by atoms with Crippen molar-refractivity contribution in [1.82, 2.24) is 0 Å². The predicted molar refractivity (Wildman–Crippen MR) is 256 cm³/mol. The molecule has 0 amide bonds. The molecule has 0 aliphatic heterocycles. The van der Waals surface area contributed by atoms with E-state index in [-0.39, 0.29) is 21.7 Å². The highest BCUT2D eigenvalue weighted by atomic mass is 14.6. The van der Waals surface area contributed by atoms with E-state index < -0.39 is 0 Å². The molecule has 2 rings (SSSR count). The van der Waals surface area contributed by atoms with Gasteiger partial charge in [0.15, 0.2) is 0 Å². The Kier molecular flexibility index (Phi) is 18.7. The van der Waals surface area contributed by atoms with Crippen LogP contribution in [0.2, 0.25) is 0 Å². The molecule has 56 heavy (non-hydrogen) atoms. The molecule has 0 atom stereocenters. The predicted octanol–water partition coefficient (Wildman–Crippen LogP) is 17.5. The molecule has 0 spiro atoms. The van der Waals surface area contributed by atoms with Gasteiger partial charge in [0, 0.05) is 5.69 Å². The average molecular weight is 760 g/mol. The van der Waals surface area contributed by atoms with Gasteiger partial charge in [-0.05, 0) is 131 Å². The molecule has 0 aliphatic carbocycles. The number of unbranched alkanes of at least 4 members (excludes halogenated alkanes) is 6. The van der Waals surface area contributed by atoms with Crippen LogP contribution in [0.25, 0.3) is 16.7 Å². The molecular formula is C55H85N. The molecule has 0 aromatic heterocycles. The molecule has 2 aromatic carbocycles. The Morgan fingerprint density at radius 1 is 0.661 bits per heavy atom. The number of benzene rings is 2. The summed E-state index contributed by atoms with van der Waals surface area (Å²) in [5.41, 5.74) is 21.9. The Morgan fingerprint density at radius 2 is 1.23 bits per heavy atom. The van der Waals surface area contributed by atoms with Crippen LogP contribution in [0.1, 0.15) is 207 Å². The number of anilines is 1. The first-order valence-electron chi connectivity index (χ1n) is 22.2. The summed E-state index contributed by atoms with van der Waals surface area (Å²) < 4.78 is 0. The Labute approximate surface area is 347 Å². The molecule has 0 aliphatic rings. The van der Waals surface area contributed by atoms with Crippen LogP contribution in [0.3, 0.4) is 0 Å². The summed E-state index contributed by atoms with van der Waals surface area (Å²) in [6.45, 7) is 43.2. The van der Waals surface area contributed by atoms with E-state index in [0.29, 0.717) is 0 Å². The van der Waals surface area contributed by atoms with Gasteiger partial charge >= 0.3 is 0 Å². The van der Waals surface area contributed by atoms with Crippen LogP contribution in [0.5, 0.6) is 0 Å². The monoisotopic (exact) mass is 760 g/mol. The summed E-state index contributed by atoms with van der Waals surface area (Å²) in [7, 11) is 0. The molecule has 1 heteroatoms. The fourth-order valence-corrected chi connectivity index (χ4v) is 7.74. The molecule has 0 saturated carbocycles. The number of nitrogens with two attached hydrogens (primary N) is 1. The van der Waals surface area contributed by atoms with Crippen molar-refractivity contribution in [2.24, 2.45) is 10.8 Å². The van der Waals surface area contributed by atoms with E-state index in [9.17, 15) is 0 Å². The van der Waals surface area contributed by atoms with E-state index in [2.05, 4.69) is 178 Å². The number of hydrogen-bond donors (Lipinski definition) is 1. The summed E-state index contributed by atoms with van der Waals surface area (Å²) >= 11 is 0. The average Bonchev–Trinajstić information content (AvgIpc) is 3.14. The zero-order valence-electron chi connectivity index (χ0n) is 39.3. The van der Waals surface area contributed by atoms with Crippen molar-refractivity contribution >= 4 is 22.4 Å². The van der Waals surface area contributed by atoms with Crippen molar-refractivity contribution in [3.63, 3.8) is 0 Å². The number of rotatable bonds is 21. The van der Waals surface area contributed by atoms with E-state index in [1.807, 2.05) is 0 Å². The Balaban J connectivity index is 2.65.